The van der Waals surface area contributed by atoms with E-state index in [9.17, 15) is 0 Å². The van der Waals surface area contributed by atoms with Gasteiger partial charge in [-0.2, -0.15) is 0 Å². The van der Waals surface area contributed by atoms with Crippen LogP contribution in [0.2, 0.25) is 0 Å². The van der Waals surface area contributed by atoms with Crippen LogP contribution in [-0.2, 0) is 0 Å². The van der Waals surface area contributed by atoms with Crippen molar-refractivity contribution in [1.29, 1.82) is 0 Å². The Balaban J connectivity index is 2.50. The highest BCUT2D eigenvalue weighted by molar-refractivity contribution is 7.80. The van der Waals surface area contributed by atoms with E-state index in [1.165, 1.54) is 32.1 Å². The Labute approximate surface area is 124 Å². The van der Waals surface area contributed by atoms with Crippen molar-refractivity contribution in [2.24, 2.45) is 0 Å². The fourth-order valence-electron chi connectivity index (χ4n) is 2.99. The van der Waals surface area contributed by atoms with Crippen molar-refractivity contribution < 1.29 is 0 Å². The molecule has 1 rings (SSSR count). The predicted molar refractivity (Wildman–Crippen MR) is 87.4 cm³/mol. The SMILES string of the molecule is CCC(NC(=S)N(C)C1CCCCC1)N(CC)CC. The molecule has 0 aromatic carbocycles. The van der Waals surface area contributed by atoms with Crippen molar-refractivity contribution in [3.05, 3.63) is 0 Å². The van der Waals surface area contributed by atoms with Gasteiger partial charge in [0.1, 0.15) is 0 Å². The van der Waals surface area contributed by atoms with Gasteiger partial charge < -0.3 is 10.2 Å². The summed E-state index contributed by atoms with van der Waals surface area (Å²) in [4.78, 5) is 4.72. The minimum atomic E-state index is 0.369. The number of hydrogen-bond acceptors (Lipinski definition) is 2. The van der Waals surface area contributed by atoms with Crippen molar-refractivity contribution in [2.75, 3.05) is 20.1 Å². The third-order valence-electron chi connectivity index (χ3n) is 4.37. The van der Waals surface area contributed by atoms with Crippen LogP contribution in [0.25, 0.3) is 0 Å². The average molecular weight is 286 g/mol. The normalized spacial score (nSPS) is 18.4. The Morgan fingerprint density at radius 3 is 2.21 bits per heavy atom. The molecule has 1 aliphatic carbocycles. The van der Waals surface area contributed by atoms with Gasteiger partial charge in [-0.05, 0) is 44.6 Å². The molecule has 1 aliphatic rings. The van der Waals surface area contributed by atoms with Gasteiger partial charge in [0.25, 0.3) is 0 Å². The van der Waals surface area contributed by atoms with Crippen LogP contribution >= 0.6 is 12.2 Å². The lowest BCUT2D eigenvalue weighted by Crippen LogP contribution is -2.53. The molecule has 4 heteroatoms. The summed E-state index contributed by atoms with van der Waals surface area (Å²) in [5.41, 5.74) is 0. The Bertz CT molecular complexity index is 260. The summed E-state index contributed by atoms with van der Waals surface area (Å²) in [6.45, 7) is 8.78. The standard InChI is InChI=1S/C15H31N3S/c1-5-14(18(6-2)7-3)16-15(19)17(4)13-11-9-8-10-12-13/h13-14H,5-12H2,1-4H3,(H,16,19). The highest BCUT2D eigenvalue weighted by Gasteiger charge is 2.22. The fourth-order valence-corrected chi connectivity index (χ4v) is 3.28. The molecular formula is C15H31N3S. The Hall–Kier alpha value is -0.350. The van der Waals surface area contributed by atoms with Gasteiger partial charge in [-0.3, -0.25) is 4.90 Å². The Morgan fingerprint density at radius 2 is 1.74 bits per heavy atom. The van der Waals surface area contributed by atoms with Gasteiger partial charge in [-0.1, -0.05) is 40.0 Å². The molecule has 112 valence electrons. The monoisotopic (exact) mass is 285 g/mol. The molecule has 1 saturated carbocycles. The number of hydrogen-bond donors (Lipinski definition) is 1. The lowest BCUT2D eigenvalue weighted by molar-refractivity contribution is 0.188. The van der Waals surface area contributed by atoms with E-state index in [-0.39, 0.29) is 0 Å². The first-order valence-electron chi connectivity index (χ1n) is 7.91. The summed E-state index contributed by atoms with van der Waals surface area (Å²) in [7, 11) is 2.15. The molecule has 0 heterocycles. The predicted octanol–water partition coefficient (Wildman–Crippen LogP) is 3.20. The first-order chi connectivity index (χ1) is 9.13. The molecule has 0 aromatic heterocycles. The summed E-state index contributed by atoms with van der Waals surface area (Å²) >= 11 is 5.60. The lowest BCUT2D eigenvalue weighted by Gasteiger charge is -2.37. The first-order valence-corrected chi connectivity index (χ1v) is 8.32. The molecule has 1 fully saturated rings. The molecule has 0 aliphatic heterocycles. The van der Waals surface area contributed by atoms with Crippen molar-refractivity contribution >= 4 is 17.3 Å². The Morgan fingerprint density at radius 1 is 1.16 bits per heavy atom. The van der Waals surface area contributed by atoms with Crippen LogP contribution in [-0.4, -0.2) is 47.3 Å². The zero-order chi connectivity index (χ0) is 14.3. The van der Waals surface area contributed by atoms with Gasteiger partial charge in [-0.15, -0.1) is 0 Å². The molecule has 1 atom stereocenters. The van der Waals surface area contributed by atoms with Crippen molar-refractivity contribution in [3.63, 3.8) is 0 Å². The van der Waals surface area contributed by atoms with Gasteiger partial charge in [0.05, 0.1) is 6.17 Å². The van der Waals surface area contributed by atoms with Gasteiger partial charge in [0, 0.05) is 13.1 Å². The Kier molecular flexibility index (Phi) is 7.69. The summed E-state index contributed by atoms with van der Waals surface area (Å²) in [5.74, 6) is 0. The van der Waals surface area contributed by atoms with Crippen LogP contribution < -0.4 is 5.32 Å². The molecule has 1 unspecified atom stereocenters. The first kappa shape index (κ1) is 16.7. The summed E-state index contributed by atoms with van der Waals surface area (Å²) in [6, 6.07) is 0.642. The number of nitrogens with one attached hydrogen (secondary N) is 1. The zero-order valence-electron chi connectivity index (χ0n) is 13.1. The third-order valence-corrected chi connectivity index (χ3v) is 4.78. The van der Waals surface area contributed by atoms with E-state index >= 15 is 0 Å². The minimum Gasteiger partial charge on any atom is -0.349 e. The van der Waals surface area contributed by atoms with Gasteiger partial charge >= 0.3 is 0 Å². The number of nitrogens with zero attached hydrogens (tertiary/aromatic N) is 2. The number of rotatable bonds is 6. The summed E-state index contributed by atoms with van der Waals surface area (Å²) in [5, 5.41) is 4.47. The molecular weight excluding hydrogens is 254 g/mol. The molecule has 19 heavy (non-hydrogen) atoms. The summed E-state index contributed by atoms with van der Waals surface area (Å²) in [6.07, 6.45) is 8.13. The molecule has 0 radical (unpaired) electrons. The van der Waals surface area contributed by atoms with E-state index < -0.39 is 0 Å². The topological polar surface area (TPSA) is 18.5 Å². The minimum absolute atomic E-state index is 0.369. The van der Waals surface area contributed by atoms with Gasteiger partial charge in [0.2, 0.25) is 0 Å². The zero-order valence-corrected chi connectivity index (χ0v) is 13.9. The molecule has 3 nitrogen and oxygen atoms in total. The second-order valence-corrected chi connectivity index (χ2v) is 5.88. The molecule has 0 spiro atoms. The quantitative estimate of drug-likeness (QED) is 0.596. The van der Waals surface area contributed by atoms with Gasteiger partial charge in [-0.25, -0.2) is 0 Å². The maximum atomic E-state index is 5.60. The average Bonchev–Trinajstić information content (AvgIpc) is 2.47. The smallest absolute Gasteiger partial charge is 0.170 e. The lowest BCUT2D eigenvalue weighted by atomic mass is 9.95. The van der Waals surface area contributed by atoms with E-state index in [1.807, 2.05) is 0 Å². The molecule has 0 amide bonds. The van der Waals surface area contributed by atoms with Crippen LogP contribution in [0.3, 0.4) is 0 Å². The van der Waals surface area contributed by atoms with Crippen LogP contribution in [0.1, 0.15) is 59.3 Å². The largest absolute Gasteiger partial charge is 0.349 e. The second kappa shape index (κ2) is 8.75. The highest BCUT2D eigenvalue weighted by Crippen LogP contribution is 2.21. The maximum Gasteiger partial charge on any atom is 0.170 e. The third kappa shape index (κ3) is 4.92. The van der Waals surface area contributed by atoms with E-state index in [0.29, 0.717) is 12.2 Å². The maximum absolute atomic E-state index is 5.60. The van der Waals surface area contributed by atoms with E-state index in [1.54, 1.807) is 0 Å². The van der Waals surface area contributed by atoms with Crippen molar-refractivity contribution in [1.82, 2.24) is 15.1 Å². The highest BCUT2D eigenvalue weighted by atomic mass is 32.1. The van der Waals surface area contributed by atoms with Gasteiger partial charge in [0.15, 0.2) is 5.11 Å². The molecule has 0 bridgehead atoms. The summed E-state index contributed by atoms with van der Waals surface area (Å²) < 4.78 is 0. The molecule has 0 aromatic rings. The fraction of sp³-hybridized carbons (Fsp3) is 0.933. The van der Waals surface area contributed by atoms with Crippen LogP contribution in [0.4, 0.5) is 0 Å². The van der Waals surface area contributed by atoms with Crippen LogP contribution in [0, 0.1) is 0 Å². The van der Waals surface area contributed by atoms with E-state index in [2.05, 4.69) is 42.9 Å². The van der Waals surface area contributed by atoms with Crippen LogP contribution in [0.5, 0.6) is 0 Å². The number of thiocarbonyl (C=S) groups is 1. The van der Waals surface area contributed by atoms with Crippen LogP contribution in [0.15, 0.2) is 0 Å². The van der Waals surface area contributed by atoms with E-state index in [0.717, 1.165) is 24.6 Å². The van der Waals surface area contributed by atoms with Crippen molar-refractivity contribution in [2.45, 2.75) is 71.5 Å². The molecule has 1 N–H and O–H groups in total. The van der Waals surface area contributed by atoms with E-state index in [4.69, 9.17) is 12.2 Å². The van der Waals surface area contributed by atoms with Crippen molar-refractivity contribution in [3.8, 4) is 0 Å². The second-order valence-electron chi connectivity index (χ2n) is 5.50. The molecule has 0 saturated heterocycles.